The maximum absolute atomic E-state index is 11.4. The van der Waals surface area contributed by atoms with Crippen molar-refractivity contribution in [3.8, 4) is 0 Å². The molecule has 1 amide bonds. The van der Waals surface area contributed by atoms with Crippen LogP contribution in [0.2, 0.25) is 0 Å². The maximum Gasteiger partial charge on any atom is 0.221 e. The van der Waals surface area contributed by atoms with Crippen molar-refractivity contribution in [2.45, 2.75) is 38.8 Å². The van der Waals surface area contributed by atoms with Gasteiger partial charge in [-0.05, 0) is 13.3 Å². The molecule has 0 saturated carbocycles. The van der Waals surface area contributed by atoms with E-state index in [0.29, 0.717) is 19.4 Å². The zero-order chi connectivity index (χ0) is 12.0. The van der Waals surface area contributed by atoms with Crippen molar-refractivity contribution >= 4 is 5.91 Å². The van der Waals surface area contributed by atoms with E-state index in [9.17, 15) is 9.90 Å². The normalized spacial score (nSPS) is 14.4. The van der Waals surface area contributed by atoms with Gasteiger partial charge in [0.2, 0.25) is 5.91 Å². The van der Waals surface area contributed by atoms with Gasteiger partial charge in [0.1, 0.15) is 0 Å². The lowest BCUT2D eigenvalue weighted by atomic mass is 10.0. The van der Waals surface area contributed by atoms with Gasteiger partial charge in [-0.1, -0.05) is 12.1 Å². The zero-order valence-electron chi connectivity index (χ0n) is 9.68. The van der Waals surface area contributed by atoms with E-state index in [1.807, 2.05) is 6.92 Å². The Kier molecular flexibility index (Phi) is 4.42. The molecule has 90 valence electrons. The Morgan fingerprint density at radius 2 is 2.38 bits per heavy atom. The number of aromatic nitrogens is 3. The Morgan fingerprint density at radius 1 is 1.62 bits per heavy atom. The van der Waals surface area contributed by atoms with E-state index in [0.717, 1.165) is 0 Å². The number of hydrogen-bond acceptors (Lipinski definition) is 4. The lowest BCUT2D eigenvalue weighted by molar-refractivity contribution is -0.122. The van der Waals surface area contributed by atoms with Crippen LogP contribution in [0.3, 0.4) is 0 Å². The number of rotatable bonds is 6. The van der Waals surface area contributed by atoms with Gasteiger partial charge >= 0.3 is 0 Å². The van der Waals surface area contributed by atoms with Gasteiger partial charge in [-0.15, -0.1) is 5.10 Å². The molecule has 1 atom stereocenters. The van der Waals surface area contributed by atoms with E-state index in [4.69, 9.17) is 0 Å². The third-order valence-electron chi connectivity index (χ3n) is 2.47. The van der Waals surface area contributed by atoms with Gasteiger partial charge in [0.25, 0.3) is 0 Å². The lowest BCUT2D eigenvalue weighted by Crippen LogP contribution is -2.40. The molecule has 1 unspecified atom stereocenters. The number of hydrogen-bond donors (Lipinski definition) is 2. The predicted octanol–water partition coefficient (Wildman–Crippen LogP) is -0.0546. The molecule has 6 nitrogen and oxygen atoms in total. The van der Waals surface area contributed by atoms with E-state index in [2.05, 4.69) is 15.6 Å². The molecular formula is C10H18N4O2. The first kappa shape index (κ1) is 12.6. The lowest BCUT2D eigenvalue weighted by Gasteiger charge is -2.21. The van der Waals surface area contributed by atoms with Crippen LogP contribution >= 0.6 is 0 Å². The summed E-state index contributed by atoms with van der Waals surface area (Å²) < 4.78 is 1.59. The zero-order valence-corrected chi connectivity index (χ0v) is 9.68. The van der Waals surface area contributed by atoms with Crippen LogP contribution in [0.15, 0.2) is 12.4 Å². The Balaban J connectivity index is 2.21. The van der Waals surface area contributed by atoms with Crippen molar-refractivity contribution in [3.05, 3.63) is 12.4 Å². The van der Waals surface area contributed by atoms with Gasteiger partial charge < -0.3 is 10.4 Å². The fourth-order valence-electron chi connectivity index (χ4n) is 1.07. The maximum atomic E-state index is 11.4. The summed E-state index contributed by atoms with van der Waals surface area (Å²) in [7, 11) is 0. The quantitative estimate of drug-likeness (QED) is 0.712. The first-order valence-electron chi connectivity index (χ1n) is 5.37. The molecule has 1 aromatic rings. The SMILES string of the molecule is CCC(C)(O)CNC(=O)CCn1ccnn1. The molecule has 1 rings (SSSR count). The molecule has 0 aliphatic carbocycles. The summed E-state index contributed by atoms with van der Waals surface area (Å²) in [5, 5.41) is 19.8. The van der Waals surface area contributed by atoms with Crippen molar-refractivity contribution in [1.82, 2.24) is 20.3 Å². The molecule has 0 radical (unpaired) electrons. The second-order valence-corrected chi connectivity index (χ2v) is 4.04. The number of aryl methyl sites for hydroxylation is 1. The summed E-state index contributed by atoms with van der Waals surface area (Å²) in [5.74, 6) is -0.0933. The molecule has 1 aromatic heterocycles. The Bertz CT molecular complexity index is 322. The number of nitrogens with zero attached hydrogens (tertiary/aromatic N) is 3. The highest BCUT2D eigenvalue weighted by atomic mass is 16.3. The summed E-state index contributed by atoms with van der Waals surface area (Å²) in [6.07, 6.45) is 4.22. The number of amides is 1. The van der Waals surface area contributed by atoms with Crippen LogP contribution in [-0.4, -0.2) is 38.2 Å². The average molecular weight is 226 g/mol. The predicted molar refractivity (Wildman–Crippen MR) is 58.6 cm³/mol. The minimum Gasteiger partial charge on any atom is -0.388 e. The van der Waals surface area contributed by atoms with Gasteiger partial charge in [0.05, 0.1) is 18.3 Å². The second kappa shape index (κ2) is 5.60. The Hall–Kier alpha value is -1.43. The molecule has 2 N–H and O–H groups in total. The highest BCUT2D eigenvalue weighted by Crippen LogP contribution is 2.05. The molecule has 1 heterocycles. The number of carbonyl (C=O) groups is 1. The van der Waals surface area contributed by atoms with Crippen LogP contribution in [0.1, 0.15) is 26.7 Å². The summed E-state index contributed by atoms with van der Waals surface area (Å²) in [5.41, 5.74) is -0.830. The summed E-state index contributed by atoms with van der Waals surface area (Å²) in [6.45, 7) is 4.35. The Morgan fingerprint density at radius 3 is 2.94 bits per heavy atom. The van der Waals surface area contributed by atoms with Gasteiger partial charge in [-0.2, -0.15) is 0 Å². The smallest absolute Gasteiger partial charge is 0.221 e. The third-order valence-corrected chi connectivity index (χ3v) is 2.47. The minimum atomic E-state index is -0.830. The van der Waals surface area contributed by atoms with Crippen molar-refractivity contribution in [2.75, 3.05) is 6.54 Å². The largest absolute Gasteiger partial charge is 0.388 e. The number of aliphatic hydroxyl groups is 1. The topological polar surface area (TPSA) is 80.0 Å². The molecule has 0 aliphatic heterocycles. The monoisotopic (exact) mass is 226 g/mol. The van der Waals surface area contributed by atoms with Crippen molar-refractivity contribution in [1.29, 1.82) is 0 Å². The van der Waals surface area contributed by atoms with E-state index >= 15 is 0 Å². The molecule has 0 fully saturated rings. The van der Waals surface area contributed by atoms with Crippen LogP contribution in [0, 0.1) is 0 Å². The van der Waals surface area contributed by atoms with Crippen LogP contribution < -0.4 is 5.32 Å². The van der Waals surface area contributed by atoms with E-state index in [-0.39, 0.29) is 12.5 Å². The summed E-state index contributed by atoms with van der Waals surface area (Å²) in [6, 6.07) is 0. The molecule has 0 spiro atoms. The molecule has 0 bridgehead atoms. The summed E-state index contributed by atoms with van der Waals surface area (Å²) in [4.78, 5) is 11.4. The first-order valence-corrected chi connectivity index (χ1v) is 5.37. The average Bonchev–Trinajstić information content (AvgIpc) is 2.76. The van der Waals surface area contributed by atoms with Crippen molar-refractivity contribution in [2.24, 2.45) is 0 Å². The standard InChI is InChI=1S/C10H18N4O2/c1-3-10(2,16)8-11-9(15)4-6-14-7-5-12-13-14/h5,7,16H,3-4,6,8H2,1-2H3,(H,11,15). The molecule has 0 aromatic carbocycles. The van der Waals surface area contributed by atoms with Gasteiger partial charge in [-0.3, -0.25) is 9.48 Å². The highest BCUT2D eigenvalue weighted by molar-refractivity contribution is 5.75. The fraction of sp³-hybridized carbons (Fsp3) is 0.700. The van der Waals surface area contributed by atoms with E-state index in [1.54, 1.807) is 24.0 Å². The third kappa shape index (κ3) is 4.39. The number of nitrogens with one attached hydrogen (secondary N) is 1. The van der Waals surface area contributed by atoms with Crippen molar-refractivity contribution < 1.29 is 9.90 Å². The number of carbonyl (C=O) groups excluding carboxylic acids is 1. The summed E-state index contributed by atoms with van der Waals surface area (Å²) >= 11 is 0. The highest BCUT2D eigenvalue weighted by Gasteiger charge is 2.18. The molecule has 16 heavy (non-hydrogen) atoms. The second-order valence-electron chi connectivity index (χ2n) is 4.04. The van der Waals surface area contributed by atoms with Gasteiger partial charge in [-0.25, -0.2) is 0 Å². The van der Waals surface area contributed by atoms with Gasteiger partial charge in [0, 0.05) is 19.2 Å². The molecule has 6 heteroatoms. The Labute approximate surface area is 94.7 Å². The van der Waals surface area contributed by atoms with Gasteiger partial charge in [0.15, 0.2) is 0 Å². The molecular weight excluding hydrogens is 208 g/mol. The van der Waals surface area contributed by atoms with E-state index in [1.165, 1.54) is 0 Å². The van der Waals surface area contributed by atoms with Crippen LogP contribution in [0.25, 0.3) is 0 Å². The van der Waals surface area contributed by atoms with Crippen LogP contribution in [0.5, 0.6) is 0 Å². The molecule has 0 aliphatic rings. The van der Waals surface area contributed by atoms with Crippen molar-refractivity contribution in [3.63, 3.8) is 0 Å². The molecule has 0 saturated heterocycles. The first-order chi connectivity index (χ1) is 7.53. The van der Waals surface area contributed by atoms with Crippen LogP contribution in [-0.2, 0) is 11.3 Å². The minimum absolute atomic E-state index is 0.0933. The van der Waals surface area contributed by atoms with E-state index < -0.39 is 5.60 Å². The van der Waals surface area contributed by atoms with Crippen LogP contribution in [0.4, 0.5) is 0 Å². The fourth-order valence-corrected chi connectivity index (χ4v) is 1.07.